The number of rotatable bonds is 6. The molecule has 1 heterocycles. The van der Waals surface area contributed by atoms with Crippen LogP contribution in [0.25, 0.3) is 0 Å². The first kappa shape index (κ1) is 15.9. The van der Waals surface area contributed by atoms with Crippen LogP contribution in [0.3, 0.4) is 0 Å². The van der Waals surface area contributed by atoms with Crippen molar-refractivity contribution < 1.29 is 4.39 Å². The highest BCUT2D eigenvalue weighted by atomic mass is 79.9. The molecule has 1 aliphatic heterocycles. The summed E-state index contributed by atoms with van der Waals surface area (Å²) in [7, 11) is 0. The maximum atomic E-state index is 13.4. The summed E-state index contributed by atoms with van der Waals surface area (Å²) in [5, 5.41) is 3.51. The van der Waals surface area contributed by atoms with Gasteiger partial charge >= 0.3 is 0 Å². The SMILES string of the molecule is CCCNCC1CCCN(Cc2cc(F)cc(Br)c2)C1. The zero-order valence-electron chi connectivity index (χ0n) is 12.2. The third-order valence-electron chi connectivity index (χ3n) is 3.79. The lowest BCUT2D eigenvalue weighted by Crippen LogP contribution is -2.39. The molecule has 0 aliphatic carbocycles. The Kier molecular flexibility index (Phi) is 6.46. The minimum Gasteiger partial charge on any atom is -0.316 e. The highest BCUT2D eigenvalue weighted by Gasteiger charge is 2.19. The van der Waals surface area contributed by atoms with Gasteiger partial charge in [-0.15, -0.1) is 0 Å². The fraction of sp³-hybridized carbons (Fsp3) is 0.625. The summed E-state index contributed by atoms with van der Waals surface area (Å²) in [6.07, 6.45) is 3.74. The van der Waals surface area contributed by atoms with Crippen LogP contribution in [-0.4, -0.2) is 31.1 Å². The van der Waals surface area contributed by atoms with Crippen molar-refractivity contribution in [3.8, 4) is 0 Å². The first-order valence-electron chi connectivity index (χ1n) is 7.55. The number of likely N-dealkylation sites (tertiary alicyclic amines) is 1. The van der Waals surface area contributed by atoms with Crippen molar-refractivity contribution in [1.29, 1.82) is 0 Å². The van der Waals surface area contributed by atoms with Gasteiger partial charge in [-0.25, -0.2) is 4.39 Å². The van der Waals surface area contributed by atoms with E-state index in [1.807, 2.05) is 6.07 Å². The van der Waals surface area contributed by atoms with E-state index in [2.05, 4.69) is 33.1 Å². The molecule has 0 aromatic heterocycles. The van der Waals surface area contributed by atoms with Crippen molar-refractivity contribution in [2.24, 2.45) is 5.92 Å². The summed E-state index contributed by atoms with van der Waals surface area (Å²) in [5.41, 5.74) is 1.05. The number of hydrogen-bond acceptors (Lipinski definition) is 2. The number of nitrogens with one attached hydrogen (secondary N) is 1. The smallest absolute Gasteiger partial charge is 0.124 e. The third kappa shape index (κ3) is 5.15. The largest absolute Gasteiger partial charge is 0.316 e. The predicted molar refractivity (Wildman–Crippen MR) is 85.3 cm³/mol. The minimum absolute atomic E-state index is 0.160. The van der Waals surface area contributed by atoms with Gasteiger partial charge in [0.15, 0.2) is 0 Å². The Morgan fingerprint density at radius 1 is 1.40 bits per heavy atom. The molecule has 1 N–H and O–H groups in total. The molecule has 1 aliphatic rings. The average molecular weight is 343 g/mol. The molecule has 112 valence electrons. The Labute approximate surface area is 129 Å². The standard InChI is InChI=1S/C16H24BrFN2/c1-2-5-19-10-13-4-3-6-20(11-13)12-14-7-15(17)9-16(18)8-14/h7-9,13,19H,2-6,10-12H2,1H3. The molecule has 1 saturated heterocycles. The molecule has 1 atom stereocenters. The number of hydrogen-bond donors (Lipinski definition) is 1. The van der Waals surface area contributed by atoms with E-state index in [1.54, 1.807) is 6.07 Å². The van der Waals surface area contributed by atoms with Crippen LogP contribution < -0.4 is 5.32 Å². The molecule has 0 amide bonds. The van der Waals surface area contributed by atoms with Crippen LogP contribution in [0.15, 0.2) is 22.7 Å². The van der Waals surface area contributed by atoms with E-state index in [9.17, 15) is 4.39 Å². The van der Waals surface area contributed by atoms with Gasteiger partial charge in [0.25, 0.3) is 0 Å². The Morgan fingerprint density at radius 2 is 2.25 bits per heavy atom. The van der Waals surface area contributed by atoms with Gasteiger partial charge in [0, 0.05) is 17.6 Å². The van der Waals surface area contributed by atoms with Crippen LogP contribution in [0.4, 0.5) is 4.39 Å². The van der Waals surface area contributed by atoms with E-state index in [0.29, 0.717) is 0 Å². The van der Waals surface area contributed by atoms with E-state index in [0.717, 1.165) is 48.7 Å². The summed E-state index contributed by atoms with van der Waals surface area (Å²) >= 11 is 3.36. The molecule has 20 heavy (non-hydrogen) atoms. The molecular formula is C16H24BrFN2. The van der Waals surface area contributed by atoms with Crippen LogP contribution in [0.5, 0.6) is 0 Å². The summed E-state index contributed by atoms with van der Waals surface area (Å²) in [4.78, 5) is 2.45. The Balaban J connectivity index is 1.85. The molecule has 2 nitrogen and oxygen atoms in total. The minimum atomic E-state index is -0.160. The molecule has 2 rings (SSSR count). The third-order valence-corrected chi connectivity index (χ3v) is 4.25. The molecule has 1 unspecified atom stereocenters. The predicted octanol–water partition coefficient (Wildman–Crippen LogP) is 3.80. The highest BCUT2D eigenvalue weighted by molar-refractivity contribution is 9.10. The second-order valence-electron chi connectivity index (χ2n) is 5.73. The van der Waals surface area contributed by atoms with Crippen molar-refractivity contribution in [2.75, 3.05) is 26.2 Å². The van der Waals surface area contributed by atoms with Crippen molar-refractivity contribution in [1.82, 2.24) is 10.2 Å². The monoisotopic (exact) mass is 342 g/mol. The lowest BCUT2D eigenvalue weighted by Gasteiger charge is -2.33. The first-order valence-corrected chi connectivity index (χ1v) is 8.34. The summed E-state index contributed by atoms with van der Waals surface area (Å²) in [6, 6.07) is 5.17. The highest BCUT2D eigenvalue weighted by Crippen LogP contribution is 2.20. The summed E-state index contributed by atoms with van der Waals surface area (Å²) in [6.45, 7) is 7.50. The molecule has 0 saturated carbocycles. The number of benzene rings is 1. The van der Waals surface area contributed by atoms with Gasteiger partial charge in [-0.05, 0) is 68.6 Å². The number of nitrogens with zero attached hydrogens (tertiary/aromatic N) is 1. The van der Waals surface area contributed by atoms with E-state index >= 15 is 0 Å². The van der Waals surface area contributed by atoms with Gasteiger partial charge < -0.3 is 5.32 Å². The lowest BCUT2D eigenvalue weighted by atomic mass is 9.97. The molecule has 1 fully saturated rings. The topological polar surface area (TPSA) is 15.3 Å². The molecular weight excluding hydrogens is 319 g/mol. The quantitative estimate of drug-likeness (QED) is 0.791. The van der Waals surface area contributed by atoms with E-state index in [4.69, 9.17) is 0 Å². The zero-order valence-corrected chi connectivity index (χ0v) is 13.8. The Morgan fingerprint density at radius 3 is 3.00 bits per heavy atom. The van der Waals surface area contributed by atoms with Crippen LogP contribution in [0.2, 0.25) is 0 Å². The lowest BCUT2D eigenvalue weighted by molar-refractivity contribution is 0.165. The van der Waals surface area contributed by atoms with E-state index < -0.39 is 0 Å². The molecule has 0 spiro atoms. The van der Waals surface area contributed by atoms with Gasteiger partial charge in [-0.2, -0.15) is 0 Å². The first-order chi connectivity index (χ1) is 9.67. The van der Waals surface area contributed by atoms with Crippen molar-refractivity contribution in [3.63, 3.8) is 0 Å². The van der Waals surface area contributed by atoms with Crippen LogP contribution in [0, 0.1) is 11.7 Å². The van der Waals surface area contributed by atoms with Crippen molar-refractivity contribution in [3.05, 3.63) is 34.1 Å². The molecule has 0 bridgehead atoms. The fourth-order valence-electron chi connectivity index (χ4n) is 2.90. The Hall–Kier alpha value is -0.450. The maximum Gasteiger partial charge on any atom is 0.124 e. The molecule has 1 aromatic rings. The van der Waals surface area contributed by atoms with Gasteiger partial charge in [0.05, 0.1) is 0 Å². The second-order valence-corrected chi connectivity index (χ2v) is 6.64. The van der Waals surface area contributed by atoms with Crippen LogP contribution in [-0.2, 0) is 6.54 Å². The van der Waals surface area contributed by atoms with Crippen LogP contribution in [0.1, 0.15) is 31.7 Å². The van der Waals surface area contributed by atoms with E-state index in [-0.39, 0.29) is 5.82 Å². The summed E-state index contributed by atoms with van der Waals surface area (Å²) in [5.74, 6) is 0.569. The Bertz CT molecular complexity index is 405. The summed E-state index contributed by atoms with van der Waals surface area (Å²) < 4.78 is 14.2. The number of piperidine rings is 1. The number of halogens is 2. The molecule has 0 radical (unpaired) electrons. The fourth-order valence-corrected chi connectivity index (χ4v) is 3.42. The second kappa shape index (κ2) is 8.11. The van der Waals surface area contributed by atoms with Gasteiger partial charge in [-0.3, -0.25) is 4.90 Å². The van der Waals surface area contributed by atoms with Gasteiger partial charge in [-0.1, -0.05) is 22.9 Å². The van der Waals surface area contributed by atoms with Crippen LogP contribution >= 0.6 is 15.9 Å². The maximum absolute atomic E-state index is 13.4. The van der Waals surface area contributed by atoms with Gasteiger partial charge in [0.1, 0.15) is 5.82 Å². The molecule has 4 heteroatoms. The van der Waals surface area contributed by atoms with Gasteiger partial charge in [0.2, 0.25) is 0 Å². The van der Waals surface area contributed by atoms with E-state index in [1.165, 1.54) is 25.3 Å². The van der Waals surface area contributed by atoms with Crippen molar-refractivity contribution in [2.45, 2.75) is 32.7 Å². The molecule has 1 aromatic carbocycles. The zero-order chi connectivity index (χ0) is 14.4. The van der Waals surface area contributed by atoms with Crippen molar-refractivity contribution >= 4 is 15.9 Å². The normalized spacial score (nSPS) is 20.2. The average Bonchev–Trinajstić information content (AvgIpc) is 2.38.